The minimum absolute atomic E-state index is 0.00384. The van der Waals surface area contributed by atoms with Crippen molar-refractivity contribution in [1.29, 1.82) is 10.5 Å². The van der Waals surface area contributed by atoms with Crippen LogP contribution in [-0.4, -0.2) is 31.4 Å². The fraction of sp³-hybridized carbons (Fsp3) is 0.545. The standard InChI is InChI=1S/2C11H15N5O/c2*12-5-7-3-1-2-4-9(7)16-6-8(11(14)17)10(13)15-16/h2*6-7,9H,1-4H2,(H2,13,15)(H2,14,17)/t2*7-,9?/m10/s1. The van der Waals surface area contributed by atoms with Crippen LogP contribution in [0.1, 0.15) is 84.2 Å². The number of anilines is 2. The molecule has 180 valence electrons. The molecular weight excluding hydrogens is 436 g/mol. The number of hydrogen-bond acceptors (Lipinski definition) is 8. The highest BCUT2D eigenvalue weighted by Gasteiger charge is 2.29. The van der Waals surface area contributed by atoms with Crippen LogP contribution in [0.2, 0.25) is 0 Å². The number of nitriles is 2. The third kappa shape index (κ3) is 5.29. The molecule has 34 heavy (non-hydrogen) atoms. The van der Waals surface area contributed by atoms with E-state index in [1.54, 1.807) is 21.8 Å². The SMILES string of the molecule is N#C[C@@H]1CCCCC1n1cc(C(N)=O)c(N)n1.N#C[C@H]1CCCCC1n1cc(C(N)=O)c(N)n1. The second-order valence-electron chi connectivity index (χ2n) is 8.72. The van der Waals surface area contributed by atoms with Gasteiger partial charge in [0.05, 0.1) is 36.1 Å². The van der Waals surface area contributed by atoms with Crippen molar-refractivity contribution in [1.82, 2.24) is 19.6 Å². The minimum Gasteiger partial charge on any atom is -0.382 e. The van der Waals surface area contributed by atoms with E-state index in [-0.39, 0.29) is 46.7 Å². The predicted octanol–water partition coefficient (Wildman–Crippen LogP) is 1.64. The molecule has 2 aliphatic carbocycles. The Bertz CT molecular complexity index is 1030. The van der Waals surface area contributed by atoms with Crippen molar-refractivity contribution in [3.8, 4) is 12.1 Å². The van der Waals surface area contributed by atoms with E-state index in [1.165, 1.54) is 0 Å². The van der Waals surface area contributed by atoms with Crippen molar-refractivity contribution in [2.24, 2.45) is 23.3 Å². The molecule has 0 spiro atoms. The van der Waals surface area contributed by atoms with Gasteiger partial charge in [-0.2, -0.15) is 20.7 Å². The number of carbonyl (C=O) groups excluding carboxylic acids is 2. The summed E-state index contributed by atoms with van der Waals surface area (Å²) in [6.07, 6.45) is 10.9. The first kappa shape index (κ1) is 24.6. The van der Waals surface area contributed by atoms with E-state index in [1.807, 2.05) is 0 Å². The summed E-state index contributed by atoms with van der Waals surface area (Å²) >= 11 is 0. The van der Waals surface area contributed by atoms with Gasteiger partial charge in [0.15, 0.2) is 11.6 Å². The number of aromatic nitrogens is 4. The van der Waals surface area contributed by atoms with E-state index in [2.05, 4.69) is 22.3 Å². The van der Waals surface area contributed by atoms with Gasteiger partial charge in [0.1, 0.15) is 11.1 Å². The molecule has 12 nitrogen and oxygen atoms in total. The molecule has 2 fully saturated rings. The fourth-order valence-electron chi connectivity index (χ4n) is 4.69. The van der Waals surface area contributed by atoms with E-state index in [4.69, 9.17) is 33.5 Å². The summed E-state index contributed by atoms with van der Waals surface area (Å²) in [5.74, 6) is -1.02. The largest absolute Gasteiger partial charge is 0.382 e. The van der Waals surface area contributed by atoms with E-state index in [9.17, 15) is 9.59 Å². The molecular formula is C22H30N10O2. The number of nitrogens with zero attached hydrogens (tertiary/aromatic N) is 6. The third-order valence-electron chi connectivity index (χ3n) is 6.52. The van der Waals surface area contributed by atoms with Crippen molar-refractivity contribution in [2.45, 2.75) is 63.5 Å². The van der Waals surface area contributed by atoms with Gasteiger partial charge >= 0.3 is 0 Å². The van der Waals surface area contributed by atoms with Crippen molar-refractivity contribution >= 4 is 23.5 Å². The number of hydrogen-bond donors (Lipinski definition) is 4. The summed E-state index contributed by atoms with van der Waals surface area (Å²) in [6, 6.07) is 4.59. The second kappa shape index (κ2) is 10.7. The Balaban J connectivity index is 0.000000191. The van der Waals surface area contributed by atoms with Crippen LogP contribution in [0.15, 0.2) is 12.4 Å². The van der Waals surface area contributed by atoms with Crippen molar-refractivity contribution in [3.63, 3.8) is 0 Å². The molecule has 0 bridgehead atoms. The summed E-state index contributed by atoms with van der Waals surface area (Å²) < 4.78 is 3.25. The molecule has 4 rings (SSSR count). The lowest BCUT2D eigenvalue weighted by molar-refractivity contribution is 0.0992. The van der Waals surface area contributed by atoms with Crippen LogP contribution in [0.25, 0.3) is 0 Å². The molecule has 2 aromatic heterocycles. The van der Waals surface area contributed by atoms with Gasteiger partial charge in [0, 0.05) is 12.4 Å². The Morgan fingerprint density at radius 1 is 0.765 bits per heavy atom. The highest BCUT2D eigenvalue weighted by Crippen LogP contribution is 2.34. The fourth-order valence-corrected chi connectivity index (χ4v) is 4.69. The van der Waals surface area contributed by atoms with E-state index >= 15 is 0 Å². The molecule has 4 atom stereocenters. The van der Waals surface area contributed by atoms with Crippen LogP contribution in [0.5, 0.6) is 0 Å². The van der Waals surface area contributed by atoms with Gasteiger partial charge in [-0.15, -0.1) is 0 Å². The van der Waals surface area contributed by atoms with Crippen molar-refractivity contribution in [2.75, 3.05) is 11.5 Å². The smallest absolute Gasteiger partial charge is 0.254 e. The van der Waals surface area contributed by atoms with Gasteiger partial charge in [-0.25, -0.2) is 0 Å². The number of primary amides is 2. The average molecular weight is 467 g/mol. The Hall–Kier alpha value is -4.06. The molecule has 12 heteroatoms. The van der Waals surface area contributed by atoms with E-state index in [0.29, 0.717) is 0 Å². The van der Waals surface area contributed by atoms with Gasteiger partial charge in [0.2, 0.25) is 0 Å². The maximum atomic E-state index is 11.1. The Morgan fingerprint density at radius 3 is 1.41 bits per heavy atom. The van der Waals surface area contributed by atoms with Crippen molar-refractivity contribution < 1.29 is 9.59 Å². The van der Waals surface area contributed by atoms with Crippen molar-refractivity contribution in [3.05, 3.63) is 23.5 Å². The summed E-state index contributed by atoms with van der Waals surface area (Å²) in [5.41, 5.74) is 22.1. The molecule has 0 saturated heterocycles. The third-order valence-corrected chi connectivity index (χ3v) is 6.52. The number of nitrogens with two attached hydrogens (primary N) is 4. The molecule has 2 amide bonds. The van der Waals surface area contributed by atoms with Crippen LogP contribution < -0.4 is 22.9 Å². The second-order valence-corrected chi connectivity index (χ2v) is 8.72. The van der Waals surface area contributed by atoms with E-state index < -0.39 is 11.8 Å². The van der Waals surface area contributed by atoms with Crippen LogP contribution in [0.3, 0.4) is 0 Å². The molecule has 2 saturated carbocycles. The van der Waals surface area contributed by atoms with Crippen LogP contribution in [0.4, 0.5) is 11.6 Å². The number of nitrogen functional groups attached to an aromatic ring is 2. The Kier molecular flexibility index (Phi) is 7.74. The molecule has 8 N–H and O–H groups in total. The highest BCUT2D eigenvalue weighted by molar-refractivity contribution is 5.97. The lowest BCUT2D eigenvalue weighted by Gasteiger charge is -2.26. The van der Waals surface area contributed by atoms with Crippen LogP contribution in [-0.2, 0) is 0 Å². The predicted molar refractivity (Wildman–Crippen MR) is 124 cm³/mol. The number of carbonyl (C=O) groups is 2. The quantitative estimate of drug-likeness (QED) is 0.517. The summed E-state index contributed by atoms with van der Waals surface area (Å²) in [6.45, 7) is 0. The van der Waals surface area contributed by atoms with Gasteiger partial charge < -0.3 is 22.9 Å². The number of rotatable bonds is 4. The number of amides is 2. The van der Waals surface area contributed by atoms with Gasteiger partial charge in [-0.05, 0) is 25.7 Å². The first-order valence-electron chi connectivity index (χ1n) is 11.3. The maximum absolute atomic E-state index is 11.1. The molecule has 0 radical (unpaired) electrons. The molecule has 2 aliphatic rings. The van der Waals surface area contributed by atoms with Crippen LogP contribution in [0, 0.1) is 34.5 Å². The first-order chi connectivity index (χ1) is 16.3. The van der Waals surface area contributed by atoms with Gasteiger partial charge in [-0.1, -0.05) is 25.7 Å². The lowest BCUT2D eigenvalue weighted by Crippen LogP contribution is -2.22. The van der Waals surface area contributed by atoms with Crippen LogP contribution >= 0.6 is 0 Å². The van der Waals surface area contributed by atoms with Gasteiger partial charge in [0.25, 0.3) is 11.8 Å². The zero-order valence-corrected chi connectivity index (χ0v) is 18.9. The highest BCUT2D eigenvalue weighted by atomic mass is 16.1. The maximum Gasteiger partial charge on any atom is 0.254 e. The van der Waals surface area contributed by atoms with Gasteiger partial charge in [-0.3, -0.25) is 19.0 Å². The Labute approximate surface area is 197 Å². The van der Waals surface area contributed by atoms with E-state index in [0.717, 1.165) is 51.4 Å². The summed E-state index contributed by atoms with van der Waals surface area (Å²) in [5, 5.41) is 26.4. The summed E-state index contributed by atoms with van der Waals surface area (Å²) in [4.78, 5) is 22.2. The zero-order chi connectivity index (χ0) is 24.8. The molecule has 2 unspecified atom stereocenters. The molecule has 2 heterocycles. The topological polar surface area (TPSA) is 221 Å². The first-order valence-corrected chi connectivity index (χ1v) is 11.3. The summed E-state index contributed by atoms with van der Waals surface area (Å²) in [7, 11) is 0. The molecule has 0 aliphatic heterocycles. The monoisotopic (exact) mass is 466 g/mol. The zero-order valence-electron chi connectivity index (χ0n) is 18.9. The normalized spacial score (nSPS) is 24.2. The molecule has 0 aromatic carbocycles. The minimum atomic E-state index is -0.585. The molecule has 2 aromatic rings. The lowest BCUT2D eigenvalue weighted by atomic mass is 9.85. The Morgan fingerprint density at radius 2 is 1.12 bits per heavy atom. The average Bonchev–Trinajstić information content (AvgIpc) is 3.42.